The third kappa shape index (κ3) is 3.92. The summed E-state index contributed by atoms with van der Waals surface area (Å²) in [5.74, 6) is 0. The summed E-state index contributed by atoms with van der Waals surface area (Å²) in [6.07, 6.45) is 5.37. The minimum Gasteiger partial charge on any atom is -0.114 e. The van der Waals surface area contributed by atoms with Crippen molar-refractivity contribution in [1.82, 2.24) is 0 Å². The highest BCUT2D eigenvalue weighted by Gasteiger charge is 1.99. The van der Waals surface area contributed by atoms with E-state index in [-0.39, 0.29) is 0 Å². The van der Waals surface area contributed by atoms with Gasteiger partial charge in [-0.2, -0.15) is 0 Å². The molecule has 0 atom stereocenters. The molecule has 0 nitrogen and oxygen atoms in total. The predicted molar refractivity (Wildman–Crippen MR) is 72.3 cm³/mol. The maximum atomic E-state index is 3.77. The highest BCUT2D eigenvalue weighted by atomic mass is 14.0. The standard InChI is InChI=1S/C16H20/c1-4-6-10-16(13-14(3)5-2)15-11-8-7-9-12-15/h5,7-9,11-12H,2,4,6,10H2,1,3H3. The summed E-state index contributed by atoms with van der Waals surface area (Å²) in [6, 6.07) is 10.5. The Morgan fingerprint density at radius 3 is 2.56 bits per heavy atom. The molecule has 16 heavy (non-hydrogen) atoms. The number of allylic oxidation sites excluding steroid dienone is 2. The Labute approximate surface area is 99.0 Å². The second-order valence-electron chi connectivity index (χ2n) is 3.96. The smallest absolute Gasteiger partial charge is 0.00148 e. The Morgan fingerprint density at radius 2 is 2.00 bits per heavy atom. The maximum Gasteiger partial charge on any atom is 0.00148 e. The van der Waals surface area contributed by atoms with E-state index in [0.29, 0.717) is 0 Å². The molecular weight excluding hydrogens is 192 g/mol. The highest BCUT2D eigenvalue weighted by molar-refractivity contribution is 5.65. The first kappa shape index (κ1) is 12.5. The van der Waals surface area contributed by atoms with E-state index < -0.39 is 0 Å². The molecule has 0 saturated carbocycles. The fourth-order valence-corrected chi connectivity index (χ4v) is 1.56. The lowest BCUT2D eigenvalue weighted by molar-refractivity contribution is 0.824. The van der Waals surface area contributed by atoms with Crippen LogP contribution in [0.4, 0.5) is 0 Å². The molecule has 0 N–H and O–H groups in total. The molecule has 0 amide bonds. The zero-order valence-corrected chi connectivity index (χ0v) is 10.3. The van der Waals surface area contributed by atoms with Crippen LogP contribution < -0.4 is 0 Å². The van der Waals surface area contributed by atoms with Crippen LogP contribution in [0.1, 0.15) is 38.7 Å². The van der Waals surface area contributed by atoms with Crippen molar-refractivity contribution in [3.05, 3.63) is 59.9 Å². The summed E-state index contributed by atoms with van der Waals surface area (Å²) in [4.78, 5) is 0. The molecule has 0 saturated heterocycles. The second kappa shape index (κ2) is 6.87. The third-order valence-corrected chi connectivity index (χ3v) is 2.56. The molecule has 0 aromatic heterocycles. The molecule has 0 aliphatic rings. The van der Waals surface area contributed by atoms with Crippen LogP contribution in [0.2, 0.25) is 0 Å². The number of benzene rings is 1. The van der Waals surface area contributed by atoms with Crippen molar-refractivity contribution in [2.24, 2.45) is 0 Å². The molecule has 0 spiro atoms. The molecule has 84 valence electrons. The van der Waals surface area contributed by atoms with E-state index in [2.05, 4.69) is 43.5 Å². The van der Waals surface area contributed by atoms with Gasteiger partial charge in [0.05, 0.1) is 0 Å². The van der Waals surface area contributed by atoms with Gasteiger partial charge >= 0.3 is 0 Å². The fourth-order valence-electron chi connectivity index (χ4n) is 1.56. The summed E-state index contributed by atoms with van der Waals surface area (Å²) >= 11 is 0. The maximum absolute atomic E-state index is 3.77. The predicted octanol–water partition coefficient (Wildman–Crippen LogP) is 4.99. The Hall–Kier alpha value is -1.52. The first-order valence-electron chi connectivity index (χ1n) is 5.92. The van der Waals surface area contributed by atoms with Crippen LogP contribution in [0.15, 0.2) is 54.3 Å². The Morgan fingerprint density at radius 1 is 1.31 bits per heavy atom. The van der Waals surface area contributed by atoms with Gasteiger partial charge in [0.15, 0.2) is 0 Å². The molecule has 0 radical (unpaired) electrons. The van der Waals surface area contributed by atoms with E-state index in [1.165, 1.54) is 24.0 Å². The van der Waals surface area contributed by atoms with Crippen molar-refractivity contribution < 1.29 is 0 Å². The zero-order valence-electron chi connectivity index (χ0n) is 10.3. The van der Waals surface area contributed by atoms with Gasteiger partial charge in [-0.15, -0.1) is 5.73 Å². The van der Waals surface area contributed by atoms with Gasteiger partial charge in [-0.3, -0.25) is 0 Å². The normalized spacial score (nSPS) is 9.38. The second-order valence-corrected chi connectivity index (χ2v) is 3.96. The van der Waals surface area contributed by atoms with Crippen LogP contribution in [0.25, 0.3) is 5.57 Å². The molecule has 0 aliphatic heterocycles. The van der Waals surface area contributed by atoms with Crippen LogP contribution in [-0.2, 0) is 0 Å². The molecule has 0 heteroatoms. The van der Waals surface area contributed by atoms with Crippen molar-refractivity contribution >= 4 is 5.57 Å². The largest absolute Gasteiger partial charge is 0.114 e. The van der Waals surface area contributed by atoms with Crippen LogP contribution in [0, 0.1) is 0 Å². The van der Waals surface area contributed by atoms with E-state index in [1.54, 1.807) is 0 Å². The quantitative estimate of drug-likeness (QED) is 0.476. The number of unbranched alkanes of at least 4 members (excludes halogenated alkanes) is 1. The third-order valence-electron chi connectivity index (χ3n) is 2.56. The van der Waals surface area contributed by atoms with Crippen LogP contribution in [-0.4, -0.2) is 0 Å². The fraction of sp³-hybridized carbons (Fsp3) is 0.312. The monoisotopic (exact) mass is 212 g/mol. The molecule has 0 heterocycles. The van der Waals surface area contributed by atoms with Gasteiger partial charge in [0.25, 0.3) is 0 Å². The Balaban J connectivity index is 3.06. The first-order valence-corrected chi connectivity index (χ1v) is 5.92. The average molecular weight is 212 g/mol. The number of hydrogen-bond donors (Lipinski definition) is 0. The minimum absolute atomic E-state index is 1.09. The van der Waals surface area contributed by atoms with Crippen molar-refractivity contribution in [3.63, 3.8) is 0 Å². The SMILES string of the molecule is C=CC(C)=C=C(CCCC)c1ccccc1. The Kier molecular flexibility index (Phi) is 5.39. The molecule has 0 fully saturated rings. The number of hydrogen-bond acceptors (Lipinski definition) is 0. The average Bonchev–Trinajstić information content (AvgIpc) is 2.35. The summed E-state index contributed by atoms with van der Waals surface area (Å²) in [6.45, 7) is 8.03. The van der Waals surface area contributed by atoms with Crippen LogP contribution >= 0.6 is 0 Å². The molecule has 0 unspecified atom stereocenters. The molecule has 1 rings (SSSR count). The number of rotatable bonds is 5. The lowest BCUT2D eigenvalue weighted by atomic mass is 10.0. The van der Waals surface area contributed by atoms with Crippen molar-refractivity contribution in [3.8, 4) is 0 Å². The van der Waals surface area contributed by atoms with E-state index >= 15 is 0 Å². The molecule has 0 bridgehead atoms. The minimum atomic E-state index is 1.09. The summed E-state index contributed by atoms with van der Waals surface area (Å²) in [5, 5.41) is 0. The Bertz CT molecular complexity index is 389. The highest BCUT2D eigenvalue weighted by Crippen LogP contribution is 2.20. The summed E-state index contributed by atoms with van der Waals surface area (Å²) in [5.41, 5.74) is 7.11. The van der Waals surface area contributed by atoms with Crippen LogP contribution in [0.3, 0.4) is 0 Å². The van der Waals surface area contributed by atoms with E-state index in [1.807, 2.05) is 19.1 Å². The van der Waals surface area contributed by atoms with Crippen molar-refractivity contribution in [2.75, 3.05) is 0 Å². The van der Waals surface area contributed by atoms with Gasteiger partial charge in [-0.25, -0.2) is 0 Å². The zero-order chi connectivity index (χ0) is 11.8. The molecular formula is C16H20. The van der Waals surface area contributed by atoms with E-state index in [4.69, 9.17) is 0 Å². The first-order chi connectivity index (χ1) is 7.77. The van der Waals surface area contributed by atoms with Gasteiger partial charge < -0.3 is 0 Å². The van der Waals surface area contributed by atoms with E-state index in [0.717, 1.165) is 12.0 Å². The lowest BCUT2D eigenvalue weighted by Gasteiger charge is -2.04. The van der Waals surface area contributed by atoms with Gasteiger partial charge in [-0.1, -0.05) is 56.3 Å². The topological polar surface area (TPSA) is 0 Å². The van der Waals surface area contributed by atoms with Crippen molar-refractivity contribution in [1.29, 1.82) is 0 Å². The van der Waals surface area contributed by atoms with Crippen molar-refractivity contribution in [2.45, 2.75) is 33.1 Å². The van der Waals surface area contributed by atoms with Gasteiger partial charge in [0, 0.05) is 5.57 Å². The van der Waals surface area contributed by atoms with Gasteiger partial charge in [-0.05, 0) is 30.9 Å². The molecule has 0 aliphatic carbocycles. The van der Waals surface area contributed by atoms with E-state index in [9.17, 15) is 0 Å². The van der Waals surface area contributed by atoms with Crippen LogP contribution in [0.5, 0.6) is 0 Å². The molecule has 1 aromatic carbocycles. The van der Waals surface area contributed by atoms with Gasteiger partial charge in [0.1, 0.15) is 0 Å². The summed E-state index contributed by atoms with van der Waals surface area (Å²) in [7, 11) is 0. The summed E-state index contributed by atoms with van der Waals surface area (Å²) < 4.78 is 0. The molecule has 1 aromatic rings. The van der Waals surface area contributed by atoms with Gasteiger partial charge in [0.2, 0.25) is 0 Å². The lowest BCUT2D eigenvalue weighted by Crippen LogP contribution is -1.83.